The SMILES string of the molecule is c1ccc(-c2ccccc2-c2cccn3cncc23)cc1. The summed E-state index contributed by atoms with van der Waals surface area (Å²) in [6.45, 7) is 0. The lowest BCUT2D eigenvalue weighted by molar-refractivity contribution is 1.15. The summed E-state index contributed by atoms with van der Waals surface area (Å²) >= 11 is 0. The van der Waals surface area contributed by atoms with Crippen molar-refractivity contribution in [2.45, 2.75) is 0 Å². The fraction of sp³-hybridized carbons (Fsp3) is 0. The van der Waals surface area contributed by atoms with E-state index in [4.69, 9.17) is 0 Å². The molecule has 4 aromatic rings. The minimum atomic E-state index is 1.13. The molecule has 0 saturated carbocycles. The number of pyridine rings is 1. The van der Waals surface area contributed by atoms with E-state index in [1.54, 1.807) is 0 Å². The fourth-order valence-corrected chi connectivity index (χ4v) is 2.76. The third-order valence-corrected chi connectivity index (χ3v) is 3.75. The van der Waals surface area contributed by atoms with Crippen LogP contribution in [0.25, 0.3) is 27.8 Å². The maximum absolute atomic E-state index is 4.25. The second kappa shape index (κ2) is 4.91. The minimum absolute atomic E-state index is 1.13. The molecule has 100 valence electrons. The largest absolute Gasteiger partial charge is 0.306 e. The number of nitrogens with zero attached hydrogens (tertiary/aromatic N) is 2. The van der Waals surface area contributed by atoms with E-state index in [0.29, 0.717) is 0 Å². The molecule has 0 bridgehead atoms. The lowest BCUT2D eigenvalue weighted by Crippen LogP contribution is -1.88. The summed E-state index contributed by atoms with van der Waals surface area (Å²) in [5.74, 6) is 0. The zero-order chi connectivity index (χ0) is 14.1. The van der Waals surface area contributed by atoms with Crippen molar-refractivity contribution >= 4 is 5.52 Å². The molecule has 0 aliphatic carbocycles. The molecule has 0 fully saturated rings. The van der Waals surface area contributed by atoms with Crippen molar-refractivity contribution in [2.75, 3.05) is 0 Å². The van der Waals surface area contributed by atoms with E-state index in [2.05, 4.69) is 70.0 Å². The van der Waals surface area contributed by atoms with E-state index in [0.717, 1.165) is 5.52 Å². The van der Waals surface area contributed by atoms with Gasteiger partial charge < -0.3 is 4.40 Å². The third kappa shape index (κ3) is 2.01. The molecule has 2 aromatic carbocycles. The zero-order valence-electron chi connectivity index (χ0n) is 11.5. The zero-order valence-corrected chi connectivity index (χ0v) is 11.5. The molecule has 2 heterocycles. The van der Waals surface area contributed by atoms with Crippen LogP contribution in [0.4, 0.5) is 0 Å². The summed E-state index contributed by atoms with van der Waals surface area (Å²) < 4.78 is 2.05. The van der Waals surface area contributed by atoms with Crippen molar-refractivity contribution in [3.63, 3.8) is 0 Å². The number of imidazole rings is 1. The van der Waals surface area contributed by atoms with Gasteiger partial charge in [-0.15, -0.1) is 0 Å². The van der Waals surface area contributed by atoms with Gasteiger partial charge in [0.25, 0.3) is 0 Å². The first-order valence-electron chi connectivity index (χ1n) is 6.99. The molecule has 2 aromatic heterocycles. The molecule has 0 saturated heterocycles. The molecule has 2 nitrogen and oxygen atoms in total. The van der Waals surface area contributed by atoms with Gasteiger partial charge in [-0.05, 0) is 22.8 Å². The number of rotatable bonds is 2. The van der Waals surface area contributed by atoms with Gasteiger partial charge in [0.05, 0.1) is 18.0 Å². The van der Waals surface area contributed by atoms with Crippen LogP contribution in [0.15, 0.2) is 85.5 Å². The van der Waals surface area contributed by atoms with Crippen molar-refractivity contribution in [2.24, 2.45) is 0 Å². The van der Waals surface area contributed by atoms with Crippen LogP contribution in [-0.4, -0.2) is 9.38 Å². The predicted octanol–water partition coefficient (Wildman–Crippen LogP) is 4.67. The molecular weight excluding hydrogens is 256 g/mol. The van der Waals surface area contributed by atoms with Crippen molar-refractivity contribution in [1.29, 1.82) is 0 Å². The Kier molecular flexibility index (Phi) is 2.79. The minimum Gasteiger partial charge on any atom is -0.306 e. The first kappa shape index (κ1) is 11.9. The van der Waals surface area contributed by atoms with E-state index in [1.165, 1.54) is 22.3 Å². The molecular formula is C19H14N2. The predicted molar refractivity (Wildman–Crippen MR) is 86.1 cm³/mol. The maximum atomic E-state index is 4.25. The number of hydrogen-bond acceptors (Lipinski definition) is 1. The quantitative estimate of drug-likeness (QED) is 0.517. The smallest absolute Gasteiger partial charge is 0.0992 e. The van der Waals surface area contributed by atoms with Crippen LogP contribution < -0.4 is 0 Å². The molecule has 0 aliphatic heterocycles. The Bertz CT molecular complexity index is 892. The van der Waals surface area contributed by atoms with E-state index in [1.807, 2.05) is 24.8 Å². The molecule has 0 radical (unpaired) electrons. The topological polar surface area (TPSA) is 17.3 Å². The van der Waals surface area contributed by atoms with Gasteiger partial charge in [-0.3, -0.25) is 0 Å². The molecule has 0 N–H and O–H groups in total. The Morgan fingerprint density at radius 3 is 2.24 bits per heavy atom. The second-order valence-corrected chi connectivity index (χ2v) is 5.02. The fourth-order valence-electron chi connectivity index (χ4n) is 2.76. The van der Waals surface area contributed by atoms with Gasteiger partial charge in [-0.25, -0.2) is 4.98 Å². The highest BCUT2D eigenvalue weighted by Crippen LogP contribution is 2.33. The average molecular weight is 270 g/mol. The second-order valence-electron chi connectivity index (χ2n) is 5.02. The summed E-state index contributed by atoms with van der Waals surface area (Å²) in [6, 6.07) is 23.2. The first-order chi connectivity index (χ1) is 10.4. The molecule has 0 amide bonds. The number of fused-ring (bicyclic) bond motifs is 1. The van der Waals surface area contributed by atoms with Crippen LogP contribution in [0.1, 0.15) is 0 Å². The van der Waals surface area contributed by atoms with Gasteiger partial charge in [0.2, 0.25) is 0 Å². The van der Waals surface area contributed by atoms with Crippen LogP contribution in [0.5, 0.6) is 0 Å². The van der Waals surface area contributed by atoms with Gasteiger partial charge in [-0.2, -0.15) is 0 Å². The van der Waals surface area contributed by atoms with E-state index in [-0.39, 0.29) is 0 Å². The Balaban J connectivity index is 2.00. The van der Waals surface area contributed by atoms with Crippen LogP contribution in [0.3, 0.4) is 0 Å². The van der Waals surface area contributed by atoms with Crippen molar-refractivity contribution in [3.05, 3.63) is 85.5 Å². The Morgan fingerprint density at radius 2 is 1.38 bits per heavy atom. The van der Waals surface area contributed by atoms with Crippen molar-refractivity contribution < 1.29 is 0 Å². The highest BCUT2D eigenvalue weighted by molar-refractivity contribution is 5.90. The normalized spacial score (nSPS) is 10.9. The maximum Gasteiger partial charge on any atom is 0.0992 e. The van der Waals surface area contributed by atoms with Crippen molar-refractivity contribution in [3.8, 4) is 22.3 Å². The monoisotopic (exact) mass is 270 g/mol. The lowest BCUT2D eigenvalue weighted by Gasteiger charge is -2.11. The van der Waals surface area contributed by atoms with Gasteiger partial charge in [0.15, 0.2) is 0 Å². The highest BCUT2D eigenvalue weighted by Gasteiger charge is 2.09. The summed E-state index contributed by atoms with van der Waals surface area (Å²) in [5, 5.41) is 0. The van der Waals surface area contributed by atoms with Gasteiger partial charge in [0, 0.05) is 11.8 Å². The van der Waals surface area contributed by atoms with Crippen molar-refractivity contribution in [1.82, 2.24) is 9.38 Å². The number of benzene rings is 2. The molecule has 0 atom stereocenters. The summed E-state index contributed by atoms with van der Waals surface area (Å²) in [4.78, 5) is 4.25. The van der Waals surface area contributed by atoms with Crippen LogP contribution in [-0.2, 0) is 0 Å². The summed E-state index contributed by atoms with van der Waals surface area (Å²) in [7, 11) is 0. The average Bonchev–Trinajstić information content (AvgIpc) is 3.04. The number of aromatic nitrogens is 2. The molecule has 0 aliphatic rings. The highest BCUT2D eigenvalue weighted by atomic mass is 15.0. The Labute approximate surface area is 123 Å². The van der Waals surface area contributed by atoms with Gasteiger partial charge in [0.1, 0.15) is 0 Å². The molecule has 21 heavy (non-hydrogen) atoms. The molecule has 4 rings (SSSR count). The third-order valence-electron chi connectivity index (χ3n) is 3.75. The standard InChI is InChI=1S/C19H14N2/c1-2-7-15(8-3-1)16-9-4-5-10-17(16)18-11-6-12-21-14-20-13-19(18)21/h1-14H. The first-order valence-corrected chi connectivity index (χ1v) is 6.99. The van der Waals surface area contributed by atoms with Crippen LogP contribution >= 0.6 is 0 Å². The Morgan fingerprint density at radius 1 is 0.667 bits per heavy atom. The van der Waals surface area contributed by atoms with Gasteiger partial charge in [-0.1, -0.05) is 60.7 Å². The molecule has 2 heteroatoms. The van der Waals surface area contributed by atoms with E-state index < -0.39 is 0 Å². The summed E-state index contributed by atoms with van der Waals surface area (Å²) in [6.07, 6.45) is 5.78. The van der Waals surface area contributed by atoms with Crippen LogP contribution in [0.2, 0.25) is 0 Å². The Hall–Kier alpha value is -2.87. The van der Waals surface area contributed by atoms with Crippen LogP contribution in [0, 0.1) is 0 Å². The van der Waals surface area contributed by atoms with E-state index in [9.17, 15) is 0 Å². The number of hydrogen-bond donors (Lipinski definition) is 0. The molecule has 0 unspecified atom stereocenters. The summed E-state index contributed by atoms with van der Waals surface area (Å²) in [5.41, 5.74) is 6.03. The lowest BCUT2D eigenvalue weighted by atomic mass is 9.94. The molecule has 0 spiro atoms. The van der Waals surface area contributed by atoms with Gasteiger partial charge >= 0.3 is 0 Å². The van der Waals surface area contributed by atoms with E-state index >= 15 is 0 Å².